The molecule has 1 aromatic heterocycles. The van der Waals surface area contributed by atoms with Crippen LogP contribution in [0.15, 0.2) is 40.7 Å². The molecule has 0 aliphatic rings. The summed E-state index contributed by atoms with van der Waals surface area (Å²) in [5.74, 6) is -0.438. The Balaban J connectivity index is 2.45. The molecule has 0 N–H and O–H groups in total. The van der Waals surface area contributed by atoms with Crippen molar-refractivity contribution in [2.24, 2.45) is 4.99 Å². The minimum atomic E-state index is -0.438. The highest BCUT2D eigenvalue weighted by Crippen LogP contribution is 2.27. The van der Waals surface area contributed by atoms with E-state index in [0.29, 0.717) is 17.3 Å². The Hall–Kier alpha value is -1.65. The Labute approximate surface area is 126 Å². The number of esters is 1. The first-order valence-corrected chi connectivity index (χ1v) is 7.43. The fourth-order valence-electron chi connectivity index (χ4n) is 1.64. The summed E-state index contributed by atoms with van der Waals surface area (Å²) in [6, 6.07) is 9.22. The van der Waals surface area contributed by atoms with Crippen molar-refractivity contribution in [3.8, 4) is 0 Å². The third kappa shape index (κ3) is 3.46. The number of aryl methyl sites for hydroxylation is 1. The predicted octanol–water partition coefficient (Wildman–Crippen LogP) is 4.39. The Morgan fingerprint density at radius 1 is 1.40 bits per heavy atom. The smallest absolute Gasteiger partial charge is 0.358 e. The standard InChI is InChI=1S/C15H14ClNO2S/c1-3-19-15(18)14(13-5-4-8-20-13)17-12-7-6-10(2)9-11(12)16/h4-9H,3H2,1-2H3. The van der Waals surface area contributed by atoms with Crippen molar-refractivity contribution in [1.29, 1.82) is 0 Å². The Morgan fingerprint density at radius 3 is 2.80 bits per heavy atom. The van der Waals surface area contributed by atoms with E-state index in [4.69, 9.17) is 16.3 Å². The van der Waals surface area contributed by atoms with Gasteiger partial charge in [0.15, 0.2) is 5.71 Å². The molecule has 0 saturated heterocycles. The number of hydrogen-bond acceptors (Lipinski definition) is 4. The van der Waals surface area contributed by atoms with E-state index in [0.717, 1.165) is 10.4 Å². The zero-order valence-corrected chi connectivity index (χ0v) is 12.8. The second kappa shape index (κ2) is 6.68. The summed E-state index contributed by atoms with van der Waals surface area (Å²) in [6.07, 6.45) is 0. The first-order chi connectivity index (χ1) is 9.61. The highest BCUT2D eigenvalue weighted by Gasteiger charge is 2.17. The van der Waals surface area contributed by atoms with Crippen molar-refractivity contribution in [2.75, 3.05) is 6.61 Å². The Bertz CT molecular complexity index is 635. The number of carbonyl (C=O) groups is 1. The minimum absolute atomic E-state index is 0.285. The number of halogens is 1. The lowest BCUT2D eigenvalue weighted by molar-refractivity contribution is -0.134. The quantitative estimate of drug-likeness (QED) is 0.620. The molecule has 0 spiro atoms. The third-order valence-electron chi connectivity index (χ3n) is 2.56. The van der Waals surface area contributed by atoms with E-state index in [1.54, 1.807) is 13.0 Å². The van der Waals surface area contributed by atoms with Crippen molar-refractivity contribution in [2.45, 2.75) is 13.8 Å². The van der Waals surface area contributed by atoms with Crippen LogP contribution in [0, 0.1) is 6.92 Å². The lowest BCUT2D eigenvalue weighted by atomic mass is 10.2. The van der Waals surface area contributed by atoms with E-state index in [-0.39, 0.29) is 5.71 Å². The average molecular weight is 308 g/mol. The van der Waals surface area contributed by atoms with E-state index in [1.807, 2.05) is 36.6 Å². The van der Waals surface area contributed by atoms with E-state index < -0.39 is 5.97 Å². The van der Waals surface area contributed by atoms with Gasteiger partial charge in [0.25, 0.3) is 0 Å². The van der Waals surface area contributed by atoms with Gasteiger partial charge in [-0.05, 0) is 43.0 Å². The molecule has 0 radical (unpaired) electrons. The van der Waals surface area contributed by atoms with Crippen molar-refractivity contribution >= 4 is 40.3 Å². The first kappa shape index (κ1) is 14.8. The molecule has 0 atom stereocenters. The van der Waals surface area contributed by atoms with Gasteiger partial charge < -0.3 is 4.74 Å². The van der Waals surface area contributed by atoms with Gasteiger partial charge in [-0.3, -0.25) is 0 Å². The van der Waals surface area contributed by atoms with Gasteiger partial charge in [0.1, 0.15) is 0 Å². The van der Waals surface area contributed by atoms with E-state index in [9.17, 15) is 4.79 Å². The number of aliphatic imine (C=N–C) groups is 1. The maximum Gasteiger partial charge on any atom is 0.358 e. The predicted molar refractivity (Wildman–Crippen MR) is 83.3 cm³/mol. The number of carbonyl (C=O) groups excluding carboxylic acids is 1. The average Bonchev–Trinajstić information content (AvgIpc) is 2.91. The second-order valence-electron chi connectivity index (χ2n) is 4.11. The largest absolute Gasteiger partial charge is 0.461 e. The molecule has 0 saturated carbocycles. The summed E-state index contributed by atoms with van der Waals surface area (Å²) in [6.45, 7) is 4.03. The molecule has 20 heavy (non-hydrogen) atoms. The maximum atomic E-state index is 12.0. The zero-order chi connectivity index (χ0) is 14.5. The fourth-order valence-corrected chi connectivity index (χ4v) is 2.62. The summed E-state index contributed by atoms with van der Waals surface area (Å²) >= 11 is 7.60. The van der Waals surface area contributed by atoms with Crippen LogP contribution < -0.4 is 0 Å². The van der Waals surface area contributed by atoms with Crippen LogP contribution in [0.5, 0.6) is 0 Å². The molecule has 2 aromatic rings. The molecule has 5 heteroatoms. The number of ether oxygens (including phenoxy) is 1. The monoisotopic (exact) mass is 307 g/mol. The fraction of sp³-hybridized carbons (Fsp3) is 0.200. The van der Waals surface area contributed by atoms with Crippen molar-refractivity contribution in [3.05, 3.63) is 51.2 Å². The van der Waals surface area contributed by atoms with Gasteiger partial charge in [-0.2, -0.15) is 0 Å². The van der Waals surface area contributed by atoms with Gasteiger partial charge in [-0.15, -0.1) is 11.3 Å². The van der Waals surface area contributed by atoms with Crippen LogP contribution in [0.3, 0.4) is 0 Å². The summed E-state index contributed by atoms with van der Waals surface area (Å²) < 4.78 is 5.06. The van der Waals surface area contributed by atoms with Crippen LogP contribution in [0.4, 0.5) is 5.69 Å². The number of hydrogen-bond donors (Lipinski definition) is 0. The van der Waals surface area contributed by atoms with Gasteiger partial charge >= 0.3 is 5.97 Å². The molecule has 0 bridgehead atoms. The molecule has 0 fully saturated rings. The summed E-state index contributed by atoms with van der Waals surface area (Å²) in [5, 5.41) is 2.41. The second-order valence-corrected chi connectivity index (χ2v) is 5.47. The molecule has 0 amide bonds. The maximum absolute atomic E-state index is 12.0. The SMILES string of the molecule is CCOC(=O)C(=Nc1ccc(C)cc1Cl)c1cccs1. The van der Waals surface area contributed by atoms with Crippen molar-refractivity contribution < 1.29 is 9.53 Å². The molecule has 3 nitrogen and oxygen atoms in total. The normalized spacial score (nSPS) is 11.4. The topological polar surface area (TPSA) is 38.7 Å². The summed E-state index contributed by atoms with van der Waals surface area (Å²) in [7, 11) is 0. The molecule has 1 heterocycles. The minimum Gasteiger partial charge on any atom is -0.461 e. The molecular weight excluding hydrogens is 294 g/mol. The highest BCUT2D eigenvalue weighted by molar-refractivity contribution is 7.13. The molecule has 104 valence electrons. The van der Waals surface area contributed by atoms with Crippen LogP contribution >= 0.6 is 22.9 Å². The van der Waals surface area contributed by atoms with Crippen LogP contribution in [0.2, 0.25) is 5.02 Å². The zero-order valence-electron chi connectivity index (χ0n) is 11.2. The lowest BCUT2D eigenvalue weighted by Gasteiger charge is -2.05. The molecule has 1 aromatic carbocycles. The van der Waals surface area contributed by atoms with E-state index in [1.165, 1.54) is 11.3 Å². The molecular formula is C15H14ClNO2S. The van der Waals surface area contributed by atoms with Crippen LogP contribution in [-0.4, -0.2) is 18.3 Å². The molecule has 0 aliphatic carbocycles. The van der Waals surface area contributed by atoms with E-state index in [2.05, 4.69) is 4.99 Å². The number of benzene rings is 1. The lowest BCUT2D eigenvalue weighted by Crippen LogP contribution is -2.17. The van der Waals surface area contributed by atoms with Crippen molar-refractivity contribution in [1.82, 2.24) is 0 Å². The van der Waals surface area contributed by atoms with Gasteiger partial charge in [0, 0.05) is 0 Å². The van der Waals surface area contributed by atoms with Gasteiger partial charge in [0.2, 0.25) is 0 Å². The van der Waals surface area contributed by atoms with Gasteiger partial charge in [0.05, 0.1) is 22.2 Å². The Morgan fingerprint density at radius 2 is 2.20 bits per heavy atom. The van der Waals surface area contributed by atoms with Gasteiger partial charge in [-0.25, -0.2) is 9.79 Å². The molecule has 2 rings (SSSR count). The van der Waals surface area contributed by atoms with Gasteiger partial charge in [-0.1, -0.05) is 23.7 Å². The van der Waals surface area contributed by atoms with Crippen LogP contribution in [0.25, 0.3) is 0 Å². The third-order valence-corrected chi connectivity index (χ3v) is 3.74. The van der Waals surface area contributed by atoms with Crippen LogP contribution in [0.1, 0.15) is 17.4 Å². The van der Waals surface area contributed by atoms with Crippen LogP contribution in [-0.2, 0) is 9.53 Å². The molecule has 0 aliphatic heterocycles. The molecule has 0 unspecified atom stereocenters. The Kier molecular flexibility index (Phi) is 4.93. The summed E-state index contributed by atoms with van der Waals surface area (Å²) in [4.78, 5) is 17.2. The number of rotatable bonds is 4. The summed E-state index contributed by atoms with van der Waals surface area (Å²) in [5.41, 5.74) is 1.89. The van der Waals surface area contributed by atoms with Crippen molar-refractivity contribution in [3.63, 3.8) is 0 Å². The number of thiophene rings is 1. The number of nitrogens with zero attached hydrogens (tertiary/aromatic N) is 1. The first-order valence-electron chi connectivity index (χ1n) is 6.17. The van der Waals surface area contributed by atoms with E-state index >= 15 is 0 Å². The highest BCUT2D eigenvalue weighted by atomic mass is 35.5.